The van der Waals surface area contributed by atoms with Gasteiger partial charge in [-0.15, -0.1) is 0 Å². The van der Waals surface area contributed by atoms with Crippen LogP contribution in [-0.4, -0.2) is 11.9 Å². The fourth-order valence-corrected chi connectivity index (χ4v) is 0.743. The first kappa shape index (κ1) is 12.7. The highest BCUT2D eigenvalue weighted by Crippen LogP contribution is 1.92. The lowest BCUT2D eigenvalue weighted by Crippen LogP contribution is -2.32. The number of nitrogens with two attached hydrogens (primary N) is 2. The van der Waals surface area contributed by atoms with Crippen LogP contribution in [0.4, 0.5) is 0 Å². The lowest BCUT2D eigenvalue weighted by Gasteiger charge is -2.04. The van der Waals surface area contributed by atoms with Gasteiger partial charge in [-0.3, -0.25) is 5.41 Å². The third kappa shape index (κ3) is 6.83. The molecule has 0 aliphatic heterocycles. The van der Waals surface area contributed by atoms with E-state index in [4.69, 9.17) is 16.9 Å². The number of nitrogens with one attached hydrogen (secondary N) is 2. The average molecular weight is 205 g/mol. The van der Waals surface area contributed by atoms with E-state index in [0.717, 1.165) is 0 Å². The normalized spacial score (nSPS) is 12.5. The molecule has 80 valence electrons. The second kappa shape index (κ2) is 7.14. The maximum Gasteiger partial charge on any atom is 0.215 e. The van der Waals surface area contributed by atoms with Crippen LogP contribution in [0.15, 0.2) is 54.2 Å². The Balaban J connectivity index is 4.62. The number of guanidine groups is 2. The van der Waals surface area contributed by atoms with E-state index in [0.29, 0.717) is 5.70 Å². The molecule has 0 aromatic heterocycles. The van der Waals surface area contributed by atoms with Crippen LogP contribution in [0.1, 0.15) is 0 Å². The summed E-state index contributed by atoms with van der Waals surface area (Å²) >= 11 is 0. The molecule has 0 fully saturated rings. The Bertz CT molecular complexity index is 336. The van der Waals surface area contributed by atoms with E-state index in [1.165, 1.54) is 0 Å². The third-order valence-corrected chi connectivity index (χ3v) is 1.22. The molecule has 0 heterocycles. The molecule has 15 heavy (non-hydrogen) atoms. The third-order valence-electron chi connectivity index (χ3n) is 1.22. The predicted octanol–water partition coefficient (Wildman–Crippen LogP) is 0.596. The standard InChI is InChI=1S/C10H15N5/c1-3-5-7-8(6-4-2)14-10(13)15-9(11)12/h3-7H,1-2H2,(H6,11,12,13,14,15)/b7-5-,8-6+. The van der Waals surface area contributed by atoms with Gasteiger partial charge in [0.1, 0.15) is 0 Å². The first-order valence-electron chi connectivity index (χ1n) is 4.17. The quantitative estimate of drug-likeness (QED) is 0.307. The van der Waals surface area contributed by atoms with Crippen LogP contribution < -0.4 is 16.8 Å². The molecule has 0 aliphatic carbocycles. The predicted molar refractivity (Wildman–Crippen MR) is 64.3 cm³/mol. The minimum Gasteiger partial charge on any atom is -0.369 e. The summed E-state index contributed by atoms with van der Waals surface area (Å²) in [6.07, 6.45) is 8.37. The molecule has 0 bridgehead atoms. The van der Waals surface area contributed by atoms with E-state index in [1.807, 2.05) is 0 Å². The molecule has 0 amide bonds. The molecule has 0 spiro atoms. The van der Waals surface area contributed by atoms with Gasteiger partial charge < -0.3 is 16.8 Å². The van der Waals surface area contributed by atoms with Crippen molar-refractivity contribution in [3.8, 4) is 0 Å². The zero-order valence-electron chi connectivity index (χ0n) is 8.40. The van der Waals surface area contributed by atoms with Crippen molar-refractivity contribution in [2.75, 3.05) is 0 Å². The van der Waals surface area contributed by atoms with Gasteiger partial charge in [0.15, 0.2) is 0 Å². The second-order valence-corrected chi connectivity index (χ2v) is 2.46. The molecule has 0 saturated heterocycles. The molecule has 0 aliphatic rings. The molecule has 6 N–H and O–H groups in total. The average Bonchev–Trinajstić information content (AvgIpc) is 2.13. The van der Waals surface area contributed by atoms with Crippen LogP contribution in [-0.2, 0) is 0 Å². The fraction of sp³-hybridized carbons (Fsp3) is 0. The summed E-state index contributed by atoms with van der Waals surface area (Å²) in [7, 11) is 0. The van der Waals surface area contributed by atoms with Crippen LogP contribution in [0.2, 0.25) is 0 Å². The van der Waals surface area contributed by atoms with Crippen LogP contribution >= 0.6 is 0 Å². The van der Waals surface area contributed by atoms with E-state index in [2.05, 4.69) is 23.5 Å². The van der Waals surface area contributed by atoms with Gasteiger partial charge in [0.2, 0.25) is 11.9 Å². The van der Waals surface area contributed by atoms with Crippen LogP contribution in [0.5, 0.6) is 0 Å². The summed E-state index contributed by atoms with van der Waals surface area (Å²) in [6.45, 7) is 7.09. The summed E-state index contributed by atoms with van der Waals surface area (Å²) < 4.78 is 0. The van der Waals surface area contributed by atoms with Crippen molar-refractivity contribution in [2.24, 2.45) is 16.5 Å². The lowest BCUT2D eigenvalue weighted by molar-refractivity contribution is 1.14. The summed E-state index contributed by atoms with van der Waals surface area (Å²) in [4.78, 5) is 3.52. The molecule has 0 aromatic carbocycles. The van der Waals surface area contributed by atoms with Crippen molar-refractivity contribution >= 4 is 11.9 Å². The molecule has 0 aromatic rings. The van der Waals surface area contributed by atoms with Crippen molar-refractivity contribution in [2.45, 2.75) is 0 Å². The Morgan fingerprint density at radius 1 is 1.27 bits per heavy atom. The minimum absolute atomic E-state index is 0.0457. The first-order chi connectivity index (χ1) is 7.10. The Hall–Kier alpha value is -2.30. The summed E-state index contributed by atoms with van der Waals surface area (Å²) in [5.41, 5.74) is 11.2. The molecule has 5 nitrogen and oxygen atoms in total. The molecule has 0 rings (SSSR count). The zero-order valence-corrected chi connectivity index (χ0v) is 8.40. The van der Waals surface area contributed by atoms with Crippen molar-refractivity contribution in [1.29, 1.82) is 5.41 Å². The van der Waals surface area contributed by atoms with Crippen molar-refractivity contribution in [3.63, 3.8) is 0 Å². The van der Waals surface area contributed by atoms with Gasteiger partial charge in [0.05, 0.1) is 0 Å². The number of hydrogen-bond donors (Lipinski definition) is 4. The molecule has 0 unspecified atom stereocenters. The van der Waals surface area contributed by atoms with Crippen LogP contribution in [0, 0.1) is 5.41 Å². The lowest BCUT2D eigenvalue weighted by atomic mass is 10.3. The number of rotatable bonds is 4. The fourth-order valence-electron chi connectivity index (χ4n) is 0.743. The van der Waals surface area contributed by atoms with Crippen LogP contribution in [0.3, 0.4) is 0 Å². The number of aliphatic imine (C=N–C) groups is 1. The van der Waals surface area contributed by atoms with Gasteiger partial charge in [0.25, 0.3) is 0 Å². The highest BCUT2D eigenvalue weighted by atomic mass is 15.1. The molecule has 0 radical (unpaired) electrons. The number of nitrogens with zero attached hydrogens (tertiary/aromatic N) is 1. The Morgan fingerprint density at radius 3 is 2.40 bits per heavy atom. The Kier molecular flexibility index (Phi) is 6.04. The minimum atomic E-state index is -0.356. The van der Waals surface area contributed by atoms with E-state index in [9.17, 15) is 0 Å². The van der Waals surface area contributed by atoms with Gasteiger partial charge in [-0.1, -0.05) is 31.4 Å². The van der Waals surface area contributed by atoms with Gasteiger partial charge in [-0.25, -0.2) is 0 Å². The van der Waals surface area contributed by atoms with E-state index in [1.54, 1.807) is 30.4 Å². The summed E-state index contributed by atoms with van der Waals surface area (Å²) in [5, 5.41) is 9.65. The highest BCUT2D eigenvalue weighted by molar-refractivity contribution is 5.92. The maximum absolute atomic E-state index is 6.91. The Labute approximate surface area is 89.1 Å². The molecular weight excluding hydrogens is 190 g/mol. The van der Waals surface area contributed by atoms with Crippen molar-refractivity contribution in [3.05, 3.63) is 49.2 Å². The maximum atomic E-state index is 6.91. The largest absolute Gasteiger partial charge is 0.369 e. The number of allylic oxidation sites excluding steroid dienone is 5. The monoisotopic (exact) mass is 205 g/mol. The van der Waals surface area contributed by atoms with Gasteiger partial charge in [-0.05, 0) is 12.2 Å². The van der Waals surface area contributed by atoms with E-state index < -0.39 is 0 Å². The van der Waals surface area contributed by atoms with Crippen molar-refractivity contribution in [1.82, 2.24) is 5.32 Å². The van der Waals surface area contributed by atoms with Gasteiger partial charge >= 0.3 is 0 Å². The smallest absolute Gasteiger partial charge is 0.215 e. The Morgan fingerprint density at radius 2 is 1.93 bits per heavy atom. The van der Waals surface area contributed by atoms with Crippen molar-refractivity contribution < 1.29 is 0 Å². The number of hydrogen-bond acceptors (Lipinski definition) is 1. The topological polar surface area (TPSA) is 100 Å². The SMILES string of the molecule is C=C/C=C\C(=C/C=C)NC(N)=NC(=N)N. The summed E-state index contributed by atoms with van der Waals surface area (Å²) in [5.74, 6) is -0.310. The molecule has 5 heteroatoms. The van der Waals surface area contributed by atoms with Crippen LogP contribution in [0.25, 0.3) is 0 Å². The van der Waals surface area contributed by atoms with Gasteiger partial charge in [0, 0.05) is 5.70 Å². The highest BCUT2D eigenvalue weighted by Gasteiger charge is 1.94. The molecular formula is C10H15N5. The molecule has 0 atom stereocenters. The first-order valence-corrected chi connectivity index (χ1v) is 4.17. The second-order valence-electron chi connectivity index (χ2n) is 2.46. The van der Waals surface area contributed by atoms with Gasteiger partial charge in [-0.2, -0.15) is 4.99 Å². The van der Waals surface area contributed by atoms with E-state index >= 15 is 0 Å². The molecule has 0 saturated carbocycles. The summed E-state index contributed by atoms with van der Waals surface area (Å²) in [6, 6.07) is 0. The van der Waals surface area contributed by atoms with E-state index in [-0.39, 0.29) is 11.9 Å². The zero-order chi connectivity index (χ0) is 11.7.